The molecule has 0 aliphatic rings. The predicted molar refractivity (Wildman–Crippen MR) is 105 cm³/mol. The van der Waals surface area contributed by atoms with Gasteiger partial charge >= 0.3 is 0 Å². The van der Waals surface area contributed by atoms with Crippen LogP contribution in [0, 0.1) is 0 Å². The summed E-state index contributed by atoms with van der Waals surface area (Å²) >= 11 is 0. The van der Waals surface area contributed by atoms with Gasteiger partial charge in [0, 0.05) is 23.6 Å². The number of benzene rings is 2. The van der Waals surface area contributed by atoms with Crippen LogP contribution in [0.3, 0.4) is 0 Å². The van der Waals surface area contributed by atoms with Gasteiger partial charge in [-0.3, -0.25) is 4.79 Å². The first-order chi connectivity index (χ1) is 13.2. The van der Waals surface area contributed by atoms with Crippen LogP contribution in [-0.2, 0) is 11.2 Å². The number of carbonyl (C=O) groups is 1. The third-order valence-corrected chi connectivity index (χ3v) is 4.01. The smallest absolute Gasteiger partial charge is 0.244 e. The Morgan fingerprint density at radius 2 is 1.63 bits per heavy atom. The molecule has 0 unspecified atom stereocenters. The van der Waals surface area contributed by atoms with E-state index in [4.69, 9.17) is 9.47 Å². The average molecular weight is 363 g/mol. The summed E-state index contributed by atoms with van der Waals surface area (Å²) in [6, 6.07) is 17.0. The molecule has 3 aromatic rings. The highest BCUT2D eigenvalue weighted by molar-refractivity contribution is 5.83. The van der Waals surface area contributed by atoms with Crippen molar-refractivity contribution in [1.29, 1.82) is 0 Å². The minimum Gasteiger partial charge on any atom is -0.497 e. The lowest BCUT2D eigenvalue weighted by Crippen LogP contribution is -2.19. The number of methoxy groups -OCH3 is 2. The normalized spacial score (nSPS) is 10.7. The maximum absolute atomic E-state index is 12.0. The van der Waals surface area contributed by atoms with Gasteiger partial charge in [0.1, 0.15) is 11.5 Å². The molecule has 0 saturated carbocycles. The van der Waals surface area contributed by atoms with Crippen LogP contribution in [0.5, 0.6) is 11.5 Å². The van der Waals surface area contributed by atoms with Gasteiger partial charge in [-0.1, -0.05) is 12.1 Å². The molecule has 0 spiro atoms. The molecule has 0 bridgehead atoms. The Morgan fingerprint density at radius 3 is 2.26 bits per heavy atom. The number of hydrogen-bond donors (Lipinski definition) is 1. The van der Waals surface area contributed by atoms with Crippen LogP contribution in [0.15, 0.2) is 72.1 Å². The Morgan fingerprint density at radius 1 is 1.00 bits per heavy atom. The molecule has 3 rings (SSSR count). The summed E-state index contributed by atoms with van der Waals surface area (Å²) in [5.41, 5.74) is 5.34. The van der Waals surface area contributed by atoms with Crippen LogP contribution >= 0.6 is 0 Å². The third-order valence-electron chi connectivity index (χ3n) is 4.01. The van der Waals surface area contributed by atoms with Crippen molar-refractivity contribution in [3.8, 4) is 17.2 Å². The maximum atomic E-state index is 12.0. The second kappa shape index (κ2) is 8.71. The lowest BCUT2D eigenvalue weighted by molar-refractivity contribution is -0.120. The van der Waals surface area contributed by atoms with Crippen molar-refractivity contribution >= 4 is 12.1 Å². The second-order valence-electron chi connectivity index (χ2n) is 5.87. The Hall–Kier alpha value is -3.54. The van der Waals surface area contributed by atoms with Crippen molar-refractivity contribution in [2.45, 2.75) is 6.42 Å². The molecular formula is C21H21N3O3. The predicted octanol–water partition coefficient (Wildman–Crippen LogP) is 3.19. The summed E-state index contributed by atoms with van der Waals surface area (Å²) in [6.07, 6.45) is 5.74. The van der Waals surface area contributed by atoms with Gasteiger partial charge in [-0.05, 0) is 48.0 Å². The number of rotatable bonds is 7. The minimum absolute atomic E-state index is 0.175. The quantitative estimate of drug-likeness (QED) is 0.518. The fourth-order valence-corrected chi connectivity index (χ4v) is 2.55. The number of aromatic nitrogens is 1. The van der Waals surface area contributed by atoms with Crippen molar-refractivity contribution < 1.29 is 14.3 Å². The standard InChI is InChI=1S/C21H21N3O3/c1-26-19-7-3-16(4-8-19)13-21(25)23-22-14-17-11-12-24(15-17)18-5-9-20(27-2)10-6-18/h3-12,14-15H,13H2,1-2H3,(H,23,25)/b22-14+. The van der Waals surface area contributed by atoms with Crippen LogP contribution in [0.1, 0.15) is 11.1 Å². The van der Waals surface area contributed by atoms with E-state index in [1.807, 2.05) is 71.6 Å². The largest absolute Gasteiger partial charge is 0.497 e. The summed E-state index contributed by atoms with van der Waals surface area (Å²) < 4.78 is 12.2. The van der Waals surface area contributed by atoms with E-state index in [1.54, 1.807) is 20.4 Å². The van der Waals surface area contributed by atoms with Gasteiger partial charge in [-0.25, -0.2) is 5.43 Å². The molecule has 6 heteroatoms. The first kappa shape index (κ1) is 18.3. The molecule has 0 aliphatic carbocycles. The fourth-order valence-electron chi connectivity index (χ4n) is 2.55. The van der Waals surface area contributed by atoms with Gasteiger partial charge in [-0.2, -0.15) is 5.10 Å². The van der Waals surface area contributed by atoms with Gasteiger partial charge in [0.15, 0.2) is 0 Å². The van der Waals surface area contributed by atoms with E-state index in [-0.39, 0.29) is 12.3 Å². The molecular weight excluding hydrogens is 342 g/mol. The molecule has 0 fully saturated rings. The molecule has 0 aliphatic heterocycles. The van der Waals surface area contributed by atoms with Crippen LogP contribution < -0.4 is 14.9 Å². The van der Waals surface area contributed by atoms with Crippen molar-refractivity contribution in [3.05, 3.63) is 78.1 Å². The third kappa shape index (κ3) is 4.98. The highest BCUT2D eigenvalue weighted by Crippen LogP contribution is 2.15. The Balaban J connectivity index is 1.54. The van der Waals surface area contributed by atoms with Crippen LogP contribution in [0.4, 0.5) is 0 Å². The van der Waals surface area contributed by atoms with Gasteiger partial charge in [0.05, 0.1) is 26.9 Å². The number of carbonyl (C=O) groups excluding carboxylic acids is 1. The van der Waals surface area contributed by atoms with E-state index < -0.39 is 0 Å². The lowest BCUT2D eigenvalue weighted by atomic mass is 10.1. The van der Waals surface area contributed by atoms with Gasteiger partial charge in [0.25, 0.3) is 0 Å². The number of ether oxygens (including phenoxy) is 2. The minimum atomic E-state index is -0.175. The van der Waals surface area contributed by atoms with E-state index in [0.717, 1.165) is 28.3 Å². The van der Waals surface area contributed by atoms with Gasteiger partial charge < -0.3 is 14.0 Å². The summed E-state index contributed by atoms with van der Waals surface area (Å²) in [5.74, 6) is 1.40. The Kier molecular flexibility index (Phi) is 5.89. The molecule has 138 valence electrons. The number of nitrogens with one attached hydrogen (secondary N) is 1. The zero-order valence-corrected chi connectivity index (χ0v) is 15.3. The van der Waals surface area contributed by atoms with Crippen molar-refractivity contribution in [1.82, 2.24) is 9.99 Å². The molecule has 1 N–H and O–H groups in total. The molecule has 6 nitrogen and oxygen atoms in total. The van der Waals surface area contributed by atoms with Crippen molar-refractivity contribution in [2.75, 3.05) is 14.2 Å². The van der Waals surface area contributed by atoms with E-state index in [2.05, 4.69) is 10.5 Å². The van der Waals surface area contributed by atoms with Gasteiger partial charge in [-0.15, -0.1) is 0 Å². The van der Waals surface area contributed by atoms with E-state index in [9.17, 15) is 4.79 Å². The summed E-state index contributed by atoms with van der Waals surface area (Å²) in [6.45, 7) is 0. The molecule has 1 heterocycles. The first-order valence-electron chi connectivity index (χ1n) is 8.45. The van der Waals surface area contributed by atoms with Crippen LogP contribution in [0.25, 0.3) is 5.69 Å². The topological polar surface area (TPSA) is 64.8 Å². The molecule has 0 atom stereocenters. The van der Waals surface area contributed by atoms with E-state index in [1.165, 1.54) is 0 Å². The van der Waals surface area contributed by atoms with Crippen LogP contribution in [0.2, 0.25) is 0 Å². The number of hydrogen-bond acceptors (Lipinski definition) is 4. The Bertz CT molecular complexity index is 913. The summed E-state index contributed by atoms with van der Waals surface area (Å²) in [4.78, 5) is 12.0. The Labute approximate surface area is 158 Å². The van der Waals surface area contributed by atoms with Gasteiger partial charge in [0.2, 0.25) is 5.91 Å². The highest BCUT2D eigenvalue weighted by Gasteiger charge is 2.03. The zero-order valence-electron chi connectivity index (χ0n) is 15.3. The van der Waals surface area contributed by atoms with Crippen molar-refractivity contribution in [2.24, 2.45) is 5.10 Å². The van der Waals surface area contributed by atoms with E-state index >= 15 is 0 Å². The average Bonchev–Trinajstić information content (AvgIpc) is 3.17. The SMILES string of the molecule is COc1ccc(CC(=O)N/N=C/c2ccn(-c3ccc(OC)cc3)c2)cc1. The fraction of sp³-hybridized carbons (Fsp3) is 0.143. The number of hydrazone groups is 1. The number of nitrogens with zero attached hydrogens (tertiary/aromatic N) is 2. The monoisotopic (exact) mass is 363 g/mol. The molecule has 2 aromatic carbocycles. The van der Waals surface area contributed by atoms with Crippen molar-refractivity contribution in [3.63, 3.8) is 0 Å². The molecule has 0 saturated heterocycles. The lowest BCUT2D eigenvalue weighted by Gasteiger charge is -2.04. The number of amides is 1. The molecule has 0 radical (unpaired) electrons. The molecule has 1 amide bonds. The molecule has 27 heavy (non-hydrogen) atoms. The first-order valence-corrected chi connectivity index (χ1v) is 8.45. The molecule has 1 aromatic heterocycles. The highest BCUT2D eigenvalue weighted by atomic mass is 16.5. The van der Waals surface area contributed by atoms with E-state index in [0.29, 0.717) is 0 Å². The van der Waals surface area contributed by atoms with Crippen LogP contribution in [-0.4, -0.2) is 30.9 Å². The zero-order chi connectivity index (χ0) is 19.1. The summed E-state index contributed by atoms with van der Waals surface area (Å²) in [5, 5.41) is 4.02. The maximum Gasteiger partial charge on any atom is 0.244 e. The second-order valence-corrected chi connectivity index (χ2v) is 5.87. The summed E-state index contributed by atoms with van der Waals surface area (Å²) in [7, 11) is 3.25.